The second-order valence-electron chi connectivity index (χ2n) is 5.75. The minimum absolute atomic E-state index is 0.0163. The standard InChI is InChI=1S/C15H22O3S/c16-14(10-13-2-1-9-19-13)12-3-6-18-15(11-12)4-7-17-8-5-15/h1-2,9,12,14,16H,3-8,10-11H2. The van der Waals surface area contributed by atoms with E-state index in [1.807, 2.05) is 0 Å². The van der Waals surface area contributed by atoms with Gasteiger partial charge in [0, 0.05) is 31.1 Å². The Morgan fingerprint density at radius 1 is 1.37 bits per heavy atom. The molecular weight excluding hydrogens is 260 g/mol. The van der Waals surface area contributed by atoms with Gasteiger partial charge in [0.25, 0.3) is 0 Å². The van der Waals surface area contributed by atoms with Gasteiger partial charge in [0.2, 0.25) is 0 Å². The Labute approximate surface area is 118 Å². The van der Waals surface area contributed by atoms with Crippen molar-refractivity contribution in [2.45, 2.75) is 43.8 Å². The van der Waals surface area contributed by atoms with Gasteiger partial charge in [-0.3, -0.25) is 0 Å². The lowest BCUT2D eigenvalue weighted by molar-refractivity contribution is -0.158. The minimum atomic E-state index is -0.234. The van der Waals surface area contributed by atoms with Crippen molar-refractivity contribution in [1.82, 2.24) is 0 Å². The van der Waals surface area contributed by atoms with Gasteiger partial charge in [0.1, 0.15) is 0 Å². The van der Waals surface area contributed by atoms with E-state index in [4.69, 9.17) is 9.47 Å². The molecule has 2 atom stereocenters. The molecule has 0 aromatic carbocycles. The fourth-order valence-electron chi connectivity index (χ4n) is 3.29. The van der Waals surface area contributed by atoms with Gasteiger partial charge in [-0.25, -0.2) is 0 Å². The SMILES string of the molecule is OC(Cc1cccs1)C1CCOC2(CCOCC2)C1. The molecule has 2 aliphatic rings. The average molecular weight is 282 g/mol. The second kappa shape index (κ2) is 5.92. The van der Waals surface area contributed by atoms with Crippen molar-refractivity contribution in [3.8, 4) is 0 Å². The fourth-order valence-corrected chi connectivity index (χ4v) is 4.04. The van der Waals surface area contributed by atoms with Crippen LogP contribution in [-0.4, -0.2) is 36.6 Å². The maximum atomic E-state index is 10.5. The van der Waals surface area contributed by atoms with Crippen molar-refractivity contribution < 1.29 is 14.6 Å². The van der Waals surface area contributed by atoms with Crippen LogP contribution < -0.4 is 0 Å². The molecule has 0 saturated carbocycles. The maximum Gasteiger partial charge on any atom is 0.0730 e. The Balaban J connectivity index is 1.61. The highest BCUT2D eigenvalue weighted by atomic mass is 32.1. The molecule has 0 amide bonds. The zero-order valence-electron chi connectivity index (χ0n) is 11.2. The number of rotatable bonds is 3. The highest BCUT2D eigenvalue weighted by molar-refractivity contribution is 7.09. The minimum Gasteiger partial charge on any atom is -0.392 e. The van der Waals surface area contributed by atoms with Gasteiger partial charge in [-0.15, -0.1) is 11.3 Å². The second-order valence-corrected chi connectivity index (χ2v) is 6.78. The molecule has 2 aliphatic heterocycles. The number of hydrogen-bond acceptors (Lipinski definition) is 4. The molecule has 0 aliphatic carbocycles. The van der Waals surface area contributed by atoms with Crippen LogP contribution in [0.1, 0.15) is 30.6 Å². The number of hydrogen-bond donors (Lipinski definition) is 1. The molecule has 19 heavy (non-hydrogen) atoms. The first kappa shape index (κ1) is 13.6. The smallest absolute Gasteiger partial charge is 0.0730 e. The zero-order valence-corrected chi connectivity index (χ0v) is 12.0. The van der Waals surface area contributed by atoms with Gasteiger partial charge >= 0.3 is 0 Å². The van der Waals surface area contributed by atoms with Crippen molar-refractivity contribution in [3.05, 3.63) is 22.4 Å². The molecule has 1 N–H and O–H groups in total. The Morgan fingerprint density at radius 3 is 2.95 bits per heavy atom. The first-order chi connectivity index (χ1) is 9.27. The van der Waals surface area contributed by atoms with Gasteiger partial charge in [-0.2, -0.15) is 0 Å². The molecule has 3 heterocycles. The third-order valence-electron chi connectivity index (χ3n) is 4.47. The van der Waals surface area contributed by atoms with Crippen molar-refractivity contribution in [3.63, 3.8) is 0 Å². The van der Waals surface area contributed by atoms with Crippen LogP contribution in [0, 0.1) is 5.92 Å². The van der Waals surface area contributed by atoms with E-state index in [0.717, 1.165) is 51.9 Å². The van der Waals surface area contributed by atoms with Gasteiger partial charge in [-0.1, -0.05) is 6.07 Å². The Morgan fingerprint density at radius 2 is 2.21 bits per heavy atom. The molecule has 0 radical (unpaired) electrons. The summed E-state index contributed by atoms with van der Waals surface area (Å²) in [6.07, 6.45) is 4.49. The predicted octanol–water partition coefficient (Wildman–Crippen LogP) is 2.63. The maximum absolute atomic E-state index is 10.5. The summed E-state index contributed by atoms with van der Waals surface area (Å²) < 4.78 is 11.5. The lowest BCUT2D eigenvalue weighted by atomic mass is 9.78. The van der Waals surface area contributed by atoms with Gasteiger partial charge in [0.15, 0.2) is 0 Å². The highest BCUT2D eigenvalue weighted by Gasteiger charge is 2.40. The molecule has 2 unspecified atom stereocenters. The summed E-state index contributed by atoms with van der Waals surface area (Å²) in [5.74, 6) is 0.369. The summed E-state index contributed by atoms with van der Waals surface area (Å²) in [6, 6.07) is 4.16. The molecule has 1 spiro atoms. The van der Waals surface area contributed by atoms with Crippen molar-refractivity contribution >= 4 is 11.3 Å². The summed E-state index contributed by atoms with van der Waals surface area (Å²) in [5.41, 5.74) is -0.0163. The quantitative estimate of drug-likeness (QED) is 0.926. The van der Waals surface area contributed by atoms with E-state index in [0.29, 0.717) is 5.92 Å². The molecule has 106 valence electrons. The molecule has 2 saturated heterocycles. The van der Waals surface area contributed by atoms with E-state index in [9.17, 15) is 5.11 Å². The molecule has 0 bridgehead atoms. The summed E-state index contributed by atoms with van der Waals surface area (Å²) in [5, 5.41) is 12.6. The number of aliphatic hydroxyl groups is 1. The number of thiophene rings is 1. The van der Waals surface area contributed by atoms with E-state index >= 15 is 0 Å². The first-order valence-electron chi connectivity index (χ1n) is 7.20. The van der Waals surface area contributed by atoms with Gasteiger partial charge < -0.3 is 14.6 Å². The molecule has 3 rings (SSSR count). The largest absolute Gasteiger partial charge is 0.392 e. The third-order valence-corrected chi connectivity index (χ3v) is 5.37. The number of aliphatic hydroxyl groups excluding tert-OH is 1. The topological polar surface area (TPSA) is 38.7 Å². The third kappa shape index (κ3) is 3.19. The van der Waals surface area contributed by atoms with Crippen LogP contribution >= 0.6 is 11.3 Å². The van der Waals surface area contributed by atoms with Crippen LogP contribution in [0.2, 0.25) is 0 Å². The molecule has 4 heteroatoms. The highest BCUT2D eigenvalue weighted by Crippen LogP contribution is 2.38. The lowest BCUT2D eigenvalue weighted by Crippen LogP contribution is -2.46. The lowest BCUT2D eigenvalue weighted by Gasteiger charge is -2.44. The number of ether oxygens (including phenoxy) is 2. The molecule has 2 fully saturated rings. The normalized spacial score (nSPS) is 28.4. The molecule has 3 nitrogen and oxygen atoms in total. The van der Waals surface area contributed by atoms with Crippen LogP contribution in [-0.2, 0) is 15.9 Å². The zero-order chi connectivity index (χ0) is 13.1. The predicted molar refractivity (Wildman–Crippen MR) is 75.5 cm³/mol. The van der Waals surface area contributed by atoms with Crippen LogP contribution in [0.25, 0.3) is 0 Å². The van der Waals surface area contributed by atoms with Gasteiger partial charge in [0.05, 0.1) is 11.7 Å². The van der Waals surface area contributed by atoms with E-state index in [-0.39, 0.29) is 11.7 Å². The summed E-state index contributed by atoms with van der Waals surface area (Å²) in [4.78, 5) is 1.28. The van der Waals surface area contributed by atoms with Gasteiger partial charge in [-0.05, 0) is 43.0 Å². The Hall–Kier alpha value is -0.420. The van der Waals surface area contributed by atoms with Crippen molar-refractivity contribution in [2.75, 3.05) is 19.8 Å². The van der Waals surface area contributed by atoms with Crippen LogP contribution in [0.3, 0.4) is 0 Å². The van der Waals surface area contributed by atoms with Crippen molar-refractivity contribution in [1.29, 1.82) is 0 Å². The summed E-state index contributed by atoms with van der Waals surface area (Å²) in [6.45, 7) is 2.38. The van der Waals surface area contributed by atoms with E-state index in [1.54, 1.807) is 11.3 Å². The van der Waals surface area contributed by atoms with Crippen LogP contribution in [0.15, 0.2) is 17.5 Å². The monoisotopic (exact) mass is 282 g/mol. The van der Waals surface area contributed by atoms with E-state index < -0.39 is 0 Å². The Kier molecular flexibility index (Phi) is 4.22. The summed E-state index contributed by atoms with van der Waals surface area (Å²) >= 11 is 1.73. The molecule has 1 aromatic heterocycles. The average Bonchev–Trinajstić information content (AvgIpc) is 2.92. The van der Waals surface area contributed by atoms with E-state index in [1.165, 1.54) is 4.88 Å². The van der Waals surface area contributed by atoms with Crippen LogP contribution in [0.4, 0.5) is 0 Å². The Bertz CT molecular complexity index is 379. The van der Waals surface area contributed by atoms with E-state index in [2.05, 4.69) is 17.5 Å². The first-order valence-corrected chi connectivity index (χ1v) is 8.08. The van der Waals surface area contributed by atoms with Crippen molar-refractivity contribution in [2.24, 2.45) is 5.92 Å². The summed E-state index contributed by atoms with van der Waals surface area (Å²) in [7, 11) is 0. The molecule has 1 aromatic rings. The molecular formula is C15H22O3S. The fraction of sp³-hybridized carbons (Fsp3) is 0.733. The van der Waals surface area contributed by atoms with Crippen LogP contribution in [0.5, 0.6) is 0 Å².